The molecule has 4 heteroatoms. The van der Waals surface area contributed by atoms with Crippen LogP contribution >= 0.6 is 0 Å². The minimum atomic E-state index is -0.369. The van der Waals surface area contributed by atoms with Crippen LogP contribution in [0.5, 0.6) is 0 Å². The van der Waals surface area contributed by atoms with E-state index in [9.17, 15) is 4.39 Å². The van der Waals surface area contributed by atoms with Crippen molar-refractivity contribution in [2.45, 2.75) is 6.42 Å². The number of aromatic amines is 1. The number of benzene rings is 1. The number of nitrogens with zero attached hydrogens (tertiary/aromatic N) is 1. The van der Waals surface area contributed by atoms with Crippen LogP contribution in [0.15, 0.2) is 30.6 Å². The van der Waals surface area contributed by atoms with Crippen molar-refractivity contribution in [3.8, 4) is 0 Å². The van der Waals surface area contributed by atoms with Gasteiger partial charge in [0.2, 0.25) is 0 Å². The molecule has 14 heavy (non-hydrogen) atoms. The molecule has 0 saturated carbocycles. The quantitative estimate of drug-likeness (QED) is 0.710. The van der Waals surface area contributed by atoms with Crippen molar-refractivity contribution in [2.24, 2.45) is 0 Å². The van der Waals surface area contributed by atoms with Gasteiger partial charge in [-0.05, 0) is 17.2 Å². The van der Waals surface area contributed by atoms with Crippen LogP contribution < -0.4 is 5.73 Å². The van der Waals surface area contributed by atoms with Crippen LogP contribution in [-0.2, 0) is 6.42 Å². The molecule has 1 heterocycles. The first kappa shape index (κ1) is 8.74. The normalized spacial score (nSPS) is 10.4. The molecule has 0 unspecified atom stereocenters. The minimum absolute atomic E-state index is 0.216. The van der Waals surface area contributed by atoms with E-state index in [2.05, 4.69) is 10.2 Å². The van der Waals surface area contributed by atoms with Crippen molar-refractivity contribution in [1.82, 2.24) is 10.2 Å². The summed E-state index contributed by atoms with van der Waals surface area (Å²) in [5.41, 5.74) is 7.58. The van der Waals surface area contributed by atoms with Crippen LogP contribution in [0.2, 0.25) is 0 Å². The Morgan fingerprint density at radius 3 is 3.00 bits per heavy atom. The Morgan fingerprint density at radius 1 is 1.43 bits per heavy atom. The third kappa shape index (κ3) is 1.59. The van der Waals surface area contributed by atoms with E-state index >= 15 is 0 Å². The first-order valence-electron chi connectivity index (χ1n) is 4.28. The van der Waals surface area contributed by atoms with Gasteiger partial charge in [-0.3, -0.25) is 5.10 Å². The Kier molecular flexibility index (Phi) is 2.18. The zero-order chi connectivity index (χ0) is 9.97. The van der Waals surface area contributed by atoms with Gasteiger partial charge in [-0.25, -0.2) is 4.39 Å². The summed E-state index contributed by atoms with van der Waals surface area (Å²) >= 11 is 0. The number of rotatable bonds is 2. The van der Waals surface area contributed by atoms with E-state index in [-0.39, 0.29) is 11.5 Å². The Labute approximate surface area is 80.8 Å². The summed E-state index contributed by atoms with van der Waals surface area (Å²) in [5, 5.41) is 6.51. The fraction of sp³-hybridized carbons (Fsp3) is 0.100. The monoisotopic (exact) mass is 191 g/mol. The number of hydrogen-bond donors (Lipinski definition) is 2. The van der Waals surface area contributed by atoms with E-state index in [1.807, 2.05) is 6.07 Å². The lowest BCUT2D eigenvalue weighted by Gasteiger charge is -2.04. The van der Waals surface area contributed by atoms with Gasteiger partial charge < -0.3 is 5.73 Å². The second-order valence-electron chi connectivity index (χ2n) is 3.10. The molecule has 0 amide bonds. The Balaban J connectivity index is 2.29. The summed E-state index contributed by atoms with van der Waals surface area (Å²) in [6.07, 6.45) is 4.06. The van der Waals surface area contributed by atoms with Crippen molar-refractivity contribution >= 4 is 5.69 Å². The molecule has 0 atom stereocenters. The number of hydrogen-bond acceptors (Lipinski definition) is 2. The van der Waals surface area contributed by atoms with Gasteiger partial charge >= 0.3 is 0 Å². The van der Waals surface area contributed by atoms with E-state index in [4.69, 9.17) is 5.73 Å². The zero-order valence-electron chi connectivity index (χ0n) is 7.50. The number of para-hydroxylation sites is 1. The number of anilines is 1. The lowest BCUT2D eigenvalue weighted by atomic mass is 10.1. The van der Waals surface area contributed by atoms with Crippen molar-refractivity contribution in [3.05, 3.63) is 47.5 Å². The smallest absolute Gasteiger partial charge is 0.146 e. The zero-order valence-corrected chi connectivity index (χ0v) is 7.50. The number of nitrogens with two attached hydrogens (primary N) is 1. The standard InChI is InChI=1S/C10H10FN3/c11-9-3-1-2-8(10(9)12)4-7-5-13-14-6-7/h1-3,5-6H,4,12H2,(H,13,14). The van der Waals surface area contributed by atoms with Crippen molar-refractivity contribution in [3.63, 3.8) is 0 Å². The van der Waals surface area contributed by atoms with Gasteiger partial charge in [0.25, 0.3) is 0 Å². The highest BCUT2D eigenvalue weighted by Gasteiger charge is 2.05. The van der Waals surface area contributed by atoms with E-state index < -0.39 is 0 Å². The maximum atomic E-state index is 13.1. The number of aromatic nitrogens is 2. The average molecular weight is 191 g/mol. The molecule has 0 aliphatic rings. The highest BCUT2D eigenvalue weighted by Crippen LogP contribution is 2.18. The highest BCUT2D eigenvalue weighted by atomic mass is 19.1. The number of H-pyrrole nitrogens is 1. The number of nitrogen functional groups attached to an aromatic ring is 1. The van der Waals surface area contributed by atoms with Crippen molar-refractivity contribution in [2.75, 3.05) is 5.73 Å². The molecule has 72 valence electrons. The maximum absolute atomic E-state index is 13.1. The molecule has 0 spiro atoms. The summed E-state index contributed by atoms with van der Waals surface area (Å²) in [6.45, 7) is 0. The van der Waals surface area contributed by atoms with E-state index in [1.165, 1.54) is 6.07 Å². The maximum Gasteiger partial charge on any atom is 0.146 e. The molecule has 2 aromatic rings. The molecule has 0 aliphatic heterocycles. The van der Waals surface area contributed by atoms with Crippen LogP contribution in [0.3, 0.4) is 0 Å². The fourth-order valence-electron chi connectivity index (χ4n) is 1.33. The van der Waals surface area contributed by atoms with Crippen LogP contribution in [0.1, 0.15) is 11.1 Å². The average Bonchev–Trinajstić information content (AvgIpc) is 2.66. The Hall–Kier alpha value is -1.84. The highest BCUT2D eigenvalue weighted by molar-refractivity contribution is 5.49. The molecule has 1 aromatic carbocycles. The van der Waals surface area contributed by atoms with Crippen molar-refractivity contribution < 1.29 is 4.39 Å². The summed E-state index contributed by atoms with van der Waals surface area (Å²) in [6, 6.07) is 4.82. The van der Waals surface area contributed by atoms with Gasteiger partial charge in [-0.1, -0.05) is 12.1 Å². The first-order chi connectivity index (χ1) is 6.77. The molecule has 3 N–H and O–H groups in total. The van der Waals surface area contributed by atoms with Gasteiger partial charge in [-0.2, -0.15) is 5.10 Å². The molecule has 0 saturated heterocycles. The van der Waals surface area contributed by atoms with Gasteiger partial charge in [0, 0.05) is 12.6 Å². The summed E-state index contributed by atoms with van der Waals surface area (Å²) in [5.74, 6) is -0.369. The largest absolute Gasteiger partial charge is 0.396 e. The molecule has 0 bridgehead atoms. The third-order valence-electron chi connectivity index (χ3n) is 2.09. The van der Waals surface area contributed by atoms with E-state index in [1.54, 1.807) is 18.5 Å². The molecular formula is C10H10FN3. The minimum Gasteiger partial charge on any atom is -0.396 e. The van der Waals surface area contributed by atoms with Gasteiger partial charge in [0.05, 0.1) is 11.9 Å². The van der Waals surface area contributed by atoms with Crippen LogP contribution in [-0.4, -0.2) is 10.2 Å². The third-order valence-corrected chi connectivity index (χ3v) is 2.09. The first-order valence-corrected chi connectivity index (χ1v) is 4.28. The topological polar surface area (TPSA) is 54.7 Å². The SMILES string of the molecule is Nc1c(F)cccc1Cc1cn[nH]c1. The predicted molar refractivity (Wildman–Crippen MR) is 52.2 cm³/mol. The van der Waals surface area contributed by atoms with Gasteiger partial charge in [0.15, 0.2) is 0 Å². The second kappa shape index (κ2) is 3.49. The molecule has 3 nitrogen and oxygen atoms in total. The van der Waals surface area contributed by atoms with Crippen LogP contribution in [0.25, 0.3) is 0 Å². The lowest BCUT2D eigenvalue weighted by molar-refractivity contribution is 0.631. The molecule has 0 aliphatic carbocycles. The summed E-state index contributed by atoms with van der Waals surface area (Å²) in [4.78, 5) is 0. The predicted octanol–water partition coefficient (Wildman–Crippen LogP) is 1.72. The Bertz CT molecular complexity index is 423. The summed E-state index contributed by atoms with van der Waals surface area (Å²) in [7, 11) is 0. The van der Waals surface area contributed by atoms with E-state index in [0.717, 1.165) is 11.1 Å². The van der Waals surface area contributed by atoms with Crippen molar-refractivity contribution in [1.29, 1.82) is 0 Å². The molecular weight excluding hydrogens is 181 g/mol. The number of halogens is 1. The van der Waals surface area contributed by atoms with Gasteiger partial charge in [0.1, 0.15) is 5.82 Å². The Morgan fingerprint density at radius 2 is 2.29 bits per heavy atom. The molecule has 0 radical (unpaired) electrons. The molecule has 1 aromatic heterocycles. The molecule has 0 fully saturated rings. The van der Waals surface area contributed by atoms with Crippen LogP contribution in [0.4, 0.5) is 10.1 Å². The number of nitrogens with one attached hydrogen (secondary N) is 1. The second-order valence-corrected chi connectivity index (χ2v) is 3.10. The molecule has 2 rings (SSSR count). The fourth-order valence-corrected chi connectivity index (χ4v) is 1.33. The lowest BCUT2D eigenvalue weighted by Crippen LogP contribution is -1.97. The van der Waals surface area contributed by atoms with Gasteiger partial charge in [-0.15, -0.1) is 0 Å². The van der Waals surface area contributed by atoms with Crippen LogP contribution in [0, 0.1) is 5.82 Å². The summed E-state index contributed by atoms with van der Waals surface area (Å²) < 4.78 is 13.1. The van der Waals surface area contributed by atoms with E-state index in [0.29, 0.717) is 6.42 Å².